The molecule has 0 amide bonds. The number of hydrogen-bond acceptors (Lipinski definition) is 4. The van der Waals surface area contributed by atoms with Crippen molar-refractivity contribution < 1.29 is 17.7 Å². The van der Waals surface area contributed by atoms with Gasteiger partial charge in [0.2, 0.25) is 5.89 Å². The van der Waals surface area contributed by atoms with Crippen molar-refractivity contribution in [3.05, 3.63) is 11.7 Å². The van der Waals surface area contributed by atoms with E-state index in [1.54, 1.807) is 7.05 Å². The van der Waals surface area contributed by atoms with Crippen LogP contribution in [-0.2, 0) is 6.18 Å². The van der Waals surface area contributed by atoms with Crippen LogP contribution < -0.4 is 5.32 Å². The predicted octanol–water partition coefficient (Wildman–Crippen LogP) is 2.33. The minimum Gasteiger partial charge on any atom is -0.339 e. The summed E-state index contributed by atoms with van der Waals surface area (Å²) in [6, 6.07) is 0.116. The highest BCUT2D eigenvalue weighted by molar-refractivity contribution is 5.02. The molecule has 1 saturated carbocycles. The minimum absolute atomic E-state index is 0.0939. The zero-order valence-corrected chi connectivity index (χ0v) is 9.42. The van der Waals surface area contributed by atoms with Gasteiger partial charge in [0.25, 0.3) is 5.82 Å². The number of nitrogens with zero attached hydrogens (tertiary/aromatic N) is 2. The monoisotopic (exact) mass is 249 g/mol. The van der Waals surface area contributed by atoms with Gasteiger partial charge >= 0.3 is 6.18 Å². The maximum absolute atomic E-state index is 12.3. The second-order valence-corrected chi connectivity index (χ2v) is 4.24. The van der Waals surface area contributed by atoms with Crippen molar-refractivity contribution in [2.24, 2.45) is 0 Å². The van der Waals surface area contributed by atoms with Crippen molar-refractivity contribution in [2.75, 3.05) is 7.05 Å². The summed E-state index contributed by atoms with van der Waals surface area (Å²) >= 11 is 0. The first-order valence-corrected chi connectivity index (χ1v) is 5.60. The Bertz CT molecular complexity index is 377. The van der Waals surface area contributed by atoms with E-state index in [4.69, 9.17) is 4.52 Å². The van der Waals surface area contributed by atoms with Crippen molar-refractivity contribution in [2.45, 2.75) is 43.8 Å². The minimum atomic E-state index is -4.54. The maximum Gasteiger partial charge on any atom is 0.455 e. The van der Waals surface area contributed by atoms with Gasteiger partial charge in [0.1, 0.15) is 0 Å². The van der Waals surface area contributed by atoms with E-state index in [0.29, 0.717) is 0 Å². The number of aromatic nitrogens is 2. The number of hydrogen-bond donors (Lipinski definition) is 1. The Labute approximate surface area is 96.6 Å². The van der Waals surface area contributed by atoms with Crippen LogP contribution in [0.1, 0.15) is 43.3 Å². The van der Waals surface area contributed by atoms with Crippen LogP contribution in [0.5, 0.6) is 0 Å². The van der Waals surface area contributed by atoms with Crippen molar-refractivity contribution in [3.63, 3.8) is 0 Å². The van der Waals surface area contributed by atoms with Crippen molar-refractivity contribution in [3.8, 4) is 0 Å². The predicted molar refractivity (Wildman–Crippen MR) is 53.4 cm³/mol. The van der Waals surface area contributed by atoms with E-state index in [-0.39, 0.29) is 17.9 Å². The van der Waals surface area contributed by atoms with E-state index in [1.807, 2.05) is 0 Å². The number of alkyl halides is 3. The van der Waals surface area contributed by atoms with Crippen LogP contribution >= 0.6 is 0 Å². The lowest BCUT2D eigenvalue weighted by molar-refractivity contribution is -0.146. The zero-order valence-electron chi connectivity index (χ0n) is 9.42. The Hall–Kier alpha value is -1.11. The smallest absolute Gasteiger partial charge is 0.339 e. The molecule has 2 atom stereocenters. The van der Waals surface area contributed by atoms with E-state index < -0.39 is 12.0 Å². The van der Waals surface area contributed by atoms with Crippen LogP contribution in [0.2, 0.25) is 0 Å². The van der Waals surface area contributed by atoms with E-state index in [1.165, 1.54) is 0 Å². The highest BCUT2D eigenvalue weighted by Crippen LogP contribution is 2.34. The van der Waals surface area contributed by atoms with Gasteiger partial charge in [-0.1, -0.05) is 18.0 Å². The summed E-state index contributed by atoms with van der Waals surface area (Å²) in [5, 5.41) is 6.08. The van der Waals surface area contributed by atoms with Gasteiger partial charge in [-0.25, -0.2) is 0 Å². The number of nitrogens with one attached hydrogen (secondary N) is 1. The van der Waals surface area contributed by atoms with Crippen LogP contribution in [-0.4, -0.2) is 23.2 Å². The van der Waals surface area contributed by atoms with Crippen LogP contribution in [0.3, 0.4) is 0 Å². The first-order chi connectivity index (χ1) is 8.02. The van der Waals surface area contributed by atoms with Crippen LogP contribution in [0.4, 0.5) is 13.2 Å². The Morgan fingerprint density at radius 3 is 2.59 bits per heavy atom. The lowest BCUT2D eigenvalue weighted by atomic mass is 9.84. The largest absolute Gasteiger partial charge is 0.455 e. The first-order valence-electron chi connectivity index (χ1n) is 5.60. The summed E-state index contributed by atoms with van der Waals surface area (Å²) in [4.78, 5) is 3.46. The van der Waals surface area contributed by atoms with Gasteiger partial charge < -0.3 is 9.84 Å². The molecule has 1 aromatic rings. The molecule has 2 unspecified atom stereocenters. The lowest BCUT2D eigenvalue weighted by Gasteiger charge is -2.28. The van der Waals surface area contributed by atoms with Crippen LogP contribution in [0.15, 0.2) is 4.52 Å². The van der Waals surface area contributed by atoms with Gasteiger partial charge in [-0.3, -0.25) is 0 Å². The lowest BCUT2D eigenvalue weighted by Crippen LogP contribution is -2.34. The molecule has 4 nitrogen and oxygen atoms in total. The molecule has 0 radical (unpaired) electrons. The zero-order chi connectivity index (χ0) is 12.5. The fraction of sp³-hybridized carbons (Fsp3) is 0.800. The fourth-order valence-corrected chi connectivity index (χ4v) is 2.27. The summed E-state index contributed by atoms with van der Waals surface area (Å²) in [6.45, 7) is 0. The quantitative estimate of drug-likeness (QED) is 0.874. The molecule has 1 heterocycles. The molecule has 96 valence electrons. The fourth-order valence-electron chi connectivity index (χ4n) is 2.27. The molecule has 1 N–H and O–H groups in total. The van der Waals surface area contributed by atoms with Gasteiger partial charge in [0.15, 0.2) is 0 Å². The molecule has 1 fully saturated rings. The molecular formula is C10H14F3N3O. The van der Waals surface area contributed by atoms with Crippen molar-refractivity contribution in [1.29, 1.82) is 0 Å². The third kappa shape index (κ3) is 2.59. The summed E-state index contributed by atoms with van der Waals surface area (Å²) in [7, 11) is 1.80. The average molecular weight is 249 g/mol. The maximum atomic E-state index is 12.3. The summed E-state index contributed by atoms with van der Waals surface area (Å²) in [5.41, 5.74) is 0. The van der Waals surface area contributed by atoms with E-state index in [9.17, 15) is 13.2 Å². The third-order valence-corrected chi connectivity index (χ3v) is 3.15. The molecule has 7 heteroatoms. The molecule has 0 aliphatic heterocycles. The Morgan fingerprint density at radius 2 is 2.00 bits per heavy atom. The molecular weight excluding hydrogens is 235 g/mol. The Kier molecular flexibility index (Phi) is 3.37. The number of likely N-dealkylation sites (N-methyl/N-ethyl adjacent to an activating group) is 1. The molecule has 0 spiro atoms. The third-order valence-electron chi connectivity index (χ3n) is 3.15. The molecule has 0 bridgehead atoms. The van der Waals surface area contributed by atoms with Gasteiger partial charge in [-0.2, -0.15) is 18.2 Å². The van der Waals surface area contributed by atoms with Crippen LogP contribution in [0.25, 0.3) is 0 Å². The van der Waals surface area contributed by atoms with Crippen molar-refractivity contribution in [1.82, 2.24) is 15.5 Å². The van der Waals surface area contributed by atoms with Crippen molar-refractivity contribution >= 4 is 0 Å². The van der Waals surface area contributed by atoms with Gasteiger partial charge in [0, 0.05) is 6.04 Å². The molecule has 17 heavy (non-hydrogen) atoms. The van der Waals surface area contributed by atoms with E-state index in [0.717, 1.165) is 25.7 Å². The standard InChI is InChI=1S/C10H14F3N3O/c1-14-7-5-3-2-4-6(7)8-15-9(16-17-8)10(11,12)13/h6-7,14H,2-5H2,1H3. The highest BCUT2D eigenvalue weighted by atomic mass is 19.4. The molecule has 1 aliphatic carbocycles. The van der Waals surface area contributed by atoms with Gasteiger partial charge in [0.05, 0.1) is 5.92 Å². The number of rotatable bonds is 2. The van der Waals surface area contributed by atoms with Gasteiger partial charge in [-0.15, -0.1) is 0 Å². The average Bonchev–Trinajstić information content (AvgIpc) is 2.77. The van der Waals surface area contributed by atoms with E-state index >= 15 is 0 Å². The van der Waals surface area contributed by atoms with Gasteiger partial charge in [-0.05, 0) is 19.9 Å². The number of halogens is 3. The summed E-state index contributed by atoms with van der Waals surface area (Å²) in [6.07, 6.45) is -0.781. The second kappa shape index (κ2) is 4.64. The van der Waals surface area contributed by atoms with E-state index in [2.05, 4.69) is 15.5 Å². The molecule has 0 aromatic carbocycles. The summed E-state index contributed by atoms with van der Waals surface area (Å²) in [5.74, 6) is -1.21. The molecule has 1 aromatic heterocycles. The Morgan fingerprint density at radius 1 is 1.29 bits per heavy atom. The van der Waals surface area contributed by atoms with Crippen LogP contribution in [0, 0.1) is 0 Å². The Balaban J connectivity index is 2.18. The molecule has 1 aliphatic rings. The first kappa shape index (κ1) is 12.3. The topological polar surface area (TPSA) is 51.0 Å². The highest BCUT2D eigenvalue weighted by Gasteiger charge is 2.39. The SMILES string of the molecule is CNC1CCCCC1c1nc(C(F)(F)F)no1. The summed E-state index contributed by atoms with van der Waals surface area (Å²) < 4.78 is 41.8. The normalized spacial score (nSPS) is 26.1. The second-order valence-electron chi connectivity index (χ2n) is 4.24. The molecule has 2 rings (SSSR count). The molecule has 0 saturated heterocycles.